The summed E-state index contributed by atoms with van der Waals surface area (Å²) in [6.45, 7) is 10.1. The molecule has 2 aromatic rings. The van der Waals surface area contributed by atoms with E-state index < -0.39 is 5.54 Å². The van der Waals surface area contributed by atoms with Gasteiger partial charge in [0.1, 0.15) is 0 Å². The number of esters is 1. The van der Waals surface area contributed by atoms with E-state index in [9.17, 15) is 4.79 Å². The van der Waals surface area contributed by atoms with Crippen LogP contribution in [0.5, 0.6) is 0 Å². The molecule has 154 valence electrons. The van der Waals surface area contributed by atoms with Gasteiger partial charge in [-0.15, -0.1) is 0 Å². The van der Waals surface area contributed by atoms with Crippen molar-refractivity contribution in [2.24, 2.45) is 5.92 Å². The summed E-state index contributed by atoms with van der Waals surface area (Å²) < 4.78 is 7.18. The number of carbonyl (C=O) groups is 1. The van der Waals surface area contributed by atoms with Gasteiger partial charge in [0.15, 0.2) is 0 Å². The predicted octanol–water partition coefficient (Wildman–Crippen LogP) is 5.58. The van der Waals surface area contributed by atoms with E-state index in [4.69, 9.17) is 16.4 Å². The third-order valence-electron chi connectivity index (χ3n) is 7.14. The van der Waals surface area contributed by atoms with Crippen LogP contribution in [0.4, 0.5) is 0 Å². The van der Waals surface area contributed by atoms with Crippen molar-refractivity contribution >= 4 is 16.9 Å². The summed E-state index contributed by atoms with van der Waals surface area (Å²) in [5.74, 6) is -0.208. The number of benzene rings is 1. The maximum absolute atomic E-state index is 11.9. The zero-order valence-electron chi connectivity index (χ0n) is 17.6. The minimum Gasteiger partial charge on any atom is -0.469 e. The highest BCUT2D eigenvalue weighted by Gasteiger charge is 2.45. The fraction of sp³-hybridized carbons (Fsp3) is 0.625. The Balaban J connectivity index is 1.70. The van der Waals surface area contributed by atoms with Crippen molar-refractivity contribution in [3.05, 3.63) is 40.9 Å². The first-order valence-electron chi connectivity index (χ1n) is 11.1. The molecule has 5 heteroatoms. The Bertz CT molecular complexity index is 925. The van der Waals surface area contributed by atoms with Crippen LogP contribution in [0.15, 0.2) is 18.2 Å². The van der Waals surface area contributed by atoms with Gasteiger partial charge < -0.3 is 9.58 Å². The molecule has 2 fully saturated rings. The van der Waals surface area contributed by atoms with Gasteiger partial charge in [-0.25, -0.2) is 6.57 Å². The second-order valence-corrected chi connectivity index (χ2v) is 8.71. The minimum absolute atomic E-state index is 0.0712. The van der Waals surface area contributed by atoms with Crippen molar-refractivity contribution < 1.29 is 9.53 Å². The average molecular weight is 394 g/mol. The highest BCUT2D eigenvalue weighted by molar-refractivity contribution is 5.83. The maximum atomic E-state index is 11.9. The second kappa shape index (κ2) is 8.18. The van der Waals surface area contributed by atoms with Crippen molar-refractivity contribution in [1.29, 1.82) is 0 Å². The normalized spacial score (nSPS) is 25.6. The van der Waals surface area contributed by atoms with E-state index in [1.807, 2.05) is 0 Å². The molecule has 0 aliphatic heterocycles. The van der Waals surface area contributed by atoms with Crippen molar-refractivity contribution in [3.8, 4) is 0 Å². The summed E-state index contributed by atoms with van der Waals surface area (Å²) in [5, 5.41) is 6.22. The fourth-order valence-corrected chi connectivity index (χ4v) is 5.32. The SMILES string of the molecule is [C-]#[N+]C1(c2ccc3c(CC)nn(C4CCCCC4)c3c2)CCC(C(=O)OC)CC1. The number of methoxy groups -OCH3 is 1. The highest BCUT2D eigenvalue weighted by Crippen LogP contribution is 2.44. The van der Waals surface area contributed by atoms with Crippen LogP contribution in [0, 0.1) is 12.5 Å². The molecule has 2 aliphatic rings. The number of hydrogen-bond acceptors (Lipinski definition) is 3. The molecule has 0 bridgehead atoms. The molecular weight excluding hydrogens is 362 g/mol. The first-order chi connectivity index (χ1) is 14.1. The highest BCUT2D eigenvalue weighted by atomic mass is 16.5. The number of rotatable bonds is 4. The van der Waals surface area contributed by atoms with E-state index in [1.54, 1.807) is 0 Å². The number of fused-ring (bicyclic) bond motifs is 1. The number of ether oxygens (including phenoxy) is 1. The first-order valence-corrected chi connectivity index (χ1v) is 11.1. The summed E-state index contributed by atoms with van der Waals surface area (Å²) in [4.78, 5) is 16.0. The molecule has 1 heterocycles. The molecule has 0 saturated heterocycles. The van der Waals surface area contributed by atoms with Gasteiger partial charge >= 0.3 is 5.97 Å². The molecule has 29 heavy (non-hydrogen) atoms. The molecule has 2 aliphatic carbocycles. The molecule has 0 N–H and O–H groups in total. The summed E-state index contributed by atoms with van der Waals surface area (Å²) in [6.07, 6.45) is 10.0. The number of carbonyl (C=O) groups excluding carboxylic acids is 1. The Morgan fingerprint density at radius 3 is 2.59 bits per heavy atom. The molecule has 4 rings (SSSR count). The van der Waals surface area contributed by atoms with Crippen molar-refractivity contribution in [2.45, 2.75) is 82.7 Å². The van der Waals surface area contributed by atoms with Gasteiger partial charge in [0.25, 0.3) is 5.54 Å². The Kier molecular flexibility index (Phi) is 5.63. The second-order valence-electron chi connectivity index (χ2n) is 8.71. The van der Waals surface area contributed by atoms with E-state index in [0.29, 0.717) is 18.9 Å². The molecule has 0 spiro atoms. The Hall–Kier alpha value is -2.35. The van der Waals surface area contributed by atoms with Crippen LogP contribution >= 0.6 is 0 Å². The topological polar surface area (TPSA) is 48.5 Å². The predicted molar refractivity (Wildman–Crippen MR) is 113 cm³/mol. The van der Waals surface area contributed by atoms with Crippen molar-refractivity contribution in [3.63, 3.8) is 0 Å². The van der Waals surface area contributed by atoms with Crippen LogP contribution in [-0.2, 0) is 21.5 Å². The average Bonchev–Trinajstić information content (AvgIpc) is 3.17. The maximum Gasteiger partial charge on any atom is 0.308 e. The molecule has 0 unspecified atom stereocenters. The smallest absolute Gasteiger partial charge is 0.308 e. The van der Waals surface area contributed by atoms with Gasteiger partial charge in [0.2, 0.25) is 0 Å². The van der Waals surface area contributed by atoms with Gasteiger partial charge in [-0.2, -0.15) is 5.10 Å². The van der Waals surface area contributed by atoms with E-state index in [0.717, 1.165) is 30.5 Å². The van der Waals surface area contributed by atoms with Crippen LogP contribution in [0.1, 0.15) is 82.0 Å². The molecule has 0 atom stereocenters. The van der Waals surface area contributed by atoms with E-state index in [1.165, 1.54) is 50.1 Å². The first kappa shape index (κ1) is 19.9. The lowest BCUT2D eigenvalue weighted by atomic mass is 9.73. The van der Waals surface area contributed by atoms with Crippen LogP contribution in [-0.4, -0.2) is 22.9 Å². The lowest BCUT2D eigenvalue weighted by Gasteiger charge is -2.30. The lowest BCUT2D eigenvalue weighted by Crippen LogP contribution is -2.32. The summed E-state index contributed by atoms with van der Waals surface area (Å²) in [7, 11) is 1.45. The Labute approximate surface area is 173 Å². The molecule has 0 radical (unpaired) electrons. The largest absolute Gasteiger partial charge is 0.469 e. The molecule has 1 aromatic carbocycles. The monoisotopic (exact) mass is 393 g/mol. The van der Waals surface area contributed by atoms with E-state index in [2.05, 4.69) is 34.6 Å². The van der Waals surface area contributed by atoms with Crippen molar-refractivity contribution in [2.75, 3.05) is 7.11 Å². The van der Waals surface area contributed by atoms with Crippen molar-refractivity contribution in [1.82, 2.24) is 9.78 Å². The van der Waals surface area contributed by atoms with Gasteiger partial charge in [-0.1, -0.05) is 38.3 Å². The Morgan fingerprint density at radius 1 is 1.24 bits per heavy atom. The Morgan fingerprint density at radius 2 is 1.97 bits per heavy atom. The number of aryl methyl sites for hydroxylation is 1. The molecule has 0 amide bonds. The number of aromatic nitrogens is 2. The van der Waals surface area contributed by atoms with Gasteiger partial charge in [-0.05, 0) is 38.2 Å². The third kappa shape index (κ3) is 3.54. The van der Waals surface area contributed by atoms with Gasteiger partial charge in [0.05, 0.1) is 30.3 Å². The lowest BCUT2D eigenvalue weighted by molar-refractivity contribution is -0.146. The van der Waals surface area contributed by atoms with E-state index in [-0.39, 0.29) is 11.9 Å². The summed E-state index contributed by atoms with van der Waals surface area (Å²) >= 11 is 0. The summed E-state index contributed by atoms with van der Waals surface area (Å²) in [5.41, 5.74) is 2.89. The minimum atomic E-state index is -0.535. The van der Waals surface area contributed by atoms with Gasteiger partial charge in [0, 0.05) is 23.8 Å². The molecule has 2 saturated carbocycles. The molecule has 5 nitrogen and oxygen atoms in total. The summed E-state index contributed by atoms with van der Waals surface area (Å²) in [6, 6.07) is 7.01. The van der Waals surface area contributed by atoms with Crippen LogP contribution < -0.4 is 0 Å². The van der Waals surface area contributed by atoms with Crippen LogP contribution in [0.25, 0.3) is 15.7 Å². The third-order valence-corrected chi connectivity index (χ3v) is 7.14. The van der Waals surface area contributed by atoms with Crippen LogP contribution in [0.3, 0.4) is 0 Å². The zero-order chi connectivity index (χ0) is 20.4. The van der Waals surface area contributed by atoms with Crippen LogP contribution in [0.2, 0.25) is 0 Å². The zero-order valence-corrected chi connectivity index (χ0v) is 17.6. The number of hydrogen-bond donors (Lipinski definition) is 0. The van der Waals surface area contributed by atoms with E-state index >= 15 is 0 Å². The molecule has 1 aromatic heterocycles. The standard InChI is InChI=1S/C24H31N3O2/c1-4-21-20-11-10-18(16-22(20)27(26-21)19-8-6-5-7-9-19)24(25-2)14-12-17(13-15-24)23(28)29-3/h10-11,16-17,19H,4-9,12-15H2,1,3H3. The number of nitrogens with zero attached hydrogens (tertiary/aromatic N) is 3. The van der Waals surface area contributed by atoms with Gasteiger partial charge in [-0.3, -0.25) is 9.48 Å². The molecular formula is C24H31N3O2. The quantitative estimate of drug-likeness (QED) is 0.503. The fourth-order valence-electron chi connectivity index (χ4n) is 5.32.